The normalized spacial score (nSPS) is 8.45. The molecule has 11 heavy (non-hydrogen) atoms. The number of rotatable bonds is 2. The summed E-state index contributed by atoms with van der Waals surface area (Å²) < 4.78 is 0. The third-order valence-corrected chi connectivity index (χ3v) is 0.668. The summed E-state index contributed by atoms with van der Waals surface area (Å²) in [5, 5.41) is 17.3. The van der Waals surface area contributed by atoms with Gasteiger partial charge in [0, 0.05) is 0 Å². The van der Waals surface area contributed by atoms with Crippen molar-refractivity contribution in [1.29, 1.82) is 0 Å². The SMILES string of the molecule is O=C(O)CNC(=O)C(=O)OO. The molecule has 0 atom stereocenters. The van der Waals surface area contributed by atoms with Crippen LogP contribution < -0.4 is 5.32 Å². The van der Waals surface area contributed by atoms with Crippen LogP contribution in [0, 0.1) is 0 Å². The first-order valence-electron chi connectivity index (χ1n) is 2.43. The number of hydrogen-bond acceptors (Lipinski definition) is 5. The van der Waals surface area contributed by atoms with Gasteiger partial charge in [0.25, 0.3) is 0 Å². The zero-order valence-corrected chi connectivity index (χ0v) is 5.23. The van der Waals surface area contributed by atoms with Crippen LogP contribution in [0.2, 0.25) is 0 Å². The van der Waals surface area contributed by atoms with Gasteiger partial charge in [0.1, 0.15) is 6.54 Å². The highest BCUT2D eigenvalue weighted by Gasteiger charge is 2.15. The molecule has 0 heterocycles. The summed E-state index contributed by atoms with van der Waals surface area (Å²) in [5.74, 6) is -4.16. The van der Waals surface area contributed by atoms with Crippen LogP contribution >= 0.6 is 0 Å². The van der Waals surface area contributed by atoms with Crippen molar-refractivity contribution in [2.75, 3.05) is 6.54 Å². The first-order valence-corrected chi connectivity index (χ1v) is 2.43. The van der Waals surface area contributed by atoms with E-state index in [0.717, 1.165) is 0 Å². The molecule has 0 aromatic rings. The maximum absolute atomic E-state index is 10.3. The Labute approximate surface area is 60.5 Å². The molecule has 0 fully saturated rings. The summed E-state index contributed by atoms with van der Waals surface area (Å²) in [4.78, 5) is 33.1. The van der Waals surface area contributed by atoms with Gasteiger partial charge < -0.3 is 10.4 Å². The van der Waals surface area contributed by atoms with Crippen molar-refractivity contribution in [3.8, 4) is 0 Å². The monoisotopic (exact) mass is 163 g/mol. The Morgan fingerprint density at radius 3 is 2.27 bits per heavy atom. The number of nitrogens with one attached hydrogen (secondary N) is 1. The molecule has 0 aliphatic carbocycles. The van der Waals surface area contributed by atoms with Gasteiger partial charge in [-0.05, 0) is 0 Å². The summed E-state index contributed by atoms with van der Waals surface area (Å²) in [6.07, 6.45) is 0. The van der Waals surface area contributed by atoms with Crippen LogP contribution in [0.5, 0.6) is 0 Å². The Morgan fingerprint density at radius 2 is 1.91 bits per heavy atom. The Kier molecular flexibility index (Phi) is 3.60. The molecule has 0 rings (SSSR count). The van der Waals surface area contributed by atoms with E-state index in [0.29, 0.717) is 0 Å². The third-order valence-electron chi connectivity index (χ3n) is 0.668. The van der Waals surface area contributed by atoms with Gasteiger partial charge in [-0.25, -0.2) is 4.79 Å². The van der Waals surface area contributed by atoms with E-state index in [1.807, 2.05) is 0 Å². The van der Waals surface area contributed by atoms with Gasteiger partial charge >= 0.3 is 17.8 Å². The van der Waals surface area contributed by atoms with Crippen LogP contribution in [0.15, 0.2) is 0 Å². The lowest BCUT2D eigenvalue weighted by Gasteiger charge is -1.96. The molecular formula is C4H5NO6. The Hall–Kier alpha value is -1.63. The predicted octanol–water partition coefficient (Wildman–Crippen LogP) is -1.80. The molecule has 3 N–H and O–H groups in total. The van der Waals surface area contributed by atoms with E-state index in [2.05, 4.69) is 4.89 Å². The smallest absolute Gasteiger partial charge is 0.429 e. The quantitative estimate of drug-likeness (QED) is 0.251. The van der Waals surface area contributed by atoms with Gasteiger partial charge in [-0.15, -0.1) is 0 Å². The molecule has 0 aliphatic heterocycles. The Bertz CT molecular complexity index is 187. The molecule has 0 aliphatic rings. The van der Waals surface area contributed by atoms with E-state index in [-0.39, 0.29) is 0 Å². The first kappa shape index (κ1) is 9.37. The molecular weight excluding hydrogens is 158 g/mol. The van der Waals surface area contributed by atoms with Crippen LogP contribution in [0.4, 0.5) is 0 Å². The highest BCUT2D eigenvalue weighted by atomic mass is 17.1. The molecule has 0 unspecified atom stereocenters. The largest absolute Gasteiger partial charge is 0.480 e. The topological polar surface area (TPSA) is 113 Å². The maximum Gasteiger partial charge on any atom is 0.429 e. The first-order chi connectivity index (χ1) is 5.07. The zero-order valence-electron chi connectivity index (χ0n) is 5.23. The molecule has 0 aromatic carbocycles. The second kappa shape index (κ2) is 4.23. The number of hydrogen-bond donors (Lipinski definition) is 3. The lowest BCUT2D eigenvalue weighted by Crippen LogP contribution is -2.35. The summed E-state index contributed by atoms with van der Waals surface area (Å²) in [6, 6.07) is 0. The fourth-order valence-electron chi connectivity index (χ4n) is 0.270. The molecule has 62 valence electrons. The van der Waals surface area contributed by atoms with E-state index in [1.54, 1.807) is 5.32 Å². The molecule has 0 spiro atoms. The van der Waals surface area contributed by atoms with Gasteiger partial charge in [-0.2, -0.15) is 5.26 Å². The van der Waals surface area contributed by atoms with E-state index in [1.165, 1.54) is 0 Å². The van der Waals surface area contributed by atoms with Crippen molar-refractivity contribution in [2.24, 2.45) is 0 Å². The van der Waals surface area contributed by atoms with Crippen LogP contribution in [0.3, 0.4) is 0 Å². The molecule has 0 saturated carbocycles. The van der Waals surface area contributed by atoms with Crippen molar-refractivity contribution in [3.63, 3.8) is 0 Å². The van der Waals surface area contributed by atoms with Crippen molar-refractivity contribution in [3.05, 3.63) is 0 Å². The van der Waals surface area contributed by atoms with Crippen LogP contribution in [-0.4, -0.2) is 34.8 Å². The fraction of sp³-hybridized carbons (Fsp3) is 0.250. The average Bonchev–Trinajstić information content (AvgIpc) is 1.98. The lowest BCUT2D eigenvalue weighted by atomic mass is 10.5. The highest BCUT2D eigenvalue weighted by molar-refractivity contribution is 6.32. The van der Waals surface area contributed by atoms with Crippen LogP contribution in [-0.2, 0) is 19.3 Å². The minimum absolute atomic E-state index is 0.700. The van der Waals surface area contributed by atoms with Gasteiger partial charge in [0.15, 0.2) is 0 Å². The second-order valence-corrected chi connectivity index (χ2v) is 1.46. The van der Waals surface area contributed by atoms with Crippen molar-refractivity contribution in [2.45, 2.75) is 0 Å². The standard InChI is InChI=1S/C4H5NO6/c6-2(7)1-5-3(8)4(9)11-10/h10H,1H2,(H,5,8)(H,6,7). The van der Waals surface area contributed by atoms with Crippen molar-refractivity contribution >= 4 is 17.8 Å². The Morgan fingerprint density at radius 1 is 1.36 bits per heavy atom. The summed E-state index contributed by atoms with van der Waals surface area (Å²) in [5.41, 5.74) is 0. The van der Waals surface area contributed by atoms with E-state index >= 15 is 0 Å². The number of carbonyl (C=O) groups excluding carboxylic acids is 2. The Balaban J connectivity index is 3.70. The third kappa shape index (κ3) is 3.87. The molecule has 0 aromatic heterocycles. The number of aliphatic carboxylic acids is 1. The maximum atomic E-state index is 10.3. The minimum Gasteiger partial charge on any atom is -0.480 e. The number of carboxylic acids is 1. The molecule has 0 saturated heterocycles. The van der Waals surface area contributed by atoms with Crippen molar-refractivity contribution < 1.29 is 29.6 Å². The number of carbonyl (C=O) groups is 3. The average molecular weight is 163 g/mol. The van der Waals surface area contributed by atoms with Gasteiger partial charge in [0.2, 0.25) is 0 Å². The van der Waals surface area contributed by atoms with Crippen LogP contribution in [0.1, 0.15) is 0 Å². The summed E-state index contributed by atoms with van der Waals surface area (Å²) in [7, 11) is 0. The van der Waals surface area contributed by atoms with E-state index < -0.39 is 24.4 Å². The summed E-state index contributed by atoms with van der Waals surface area (Å²) >= 11 is 0. The van der Waals surface area contributed by atoms with Gasteiger partial charge in [-0.1, -0.05) is 0 Å². The minimum atomic E-state index is -1.55. The van der Waals surface area contributed by atoms with E-state index in [9.17, 15) is 14.4 Å². The van der Waals surface area contributed by atoms with E-state index in [4.69, 9.17) is 10.4 Å². The van der Waals surface area contributed by atoms with Crippen molar-refractivity contribution in [1.82, 2.24) is 5.32 Å². The molecule has 7 heteroatoms. The highest BCUT2D eigenvalue weighted by Crippen LogP contribution is 1.72. The number of carboxylic acid groups (broad SMARTS) is 1. The second-order valence-electron chi connectivity index (χ2n) is 1.46. The predicted molar refractivity (Wildman–Crippen MR) is 29.4 cm³/mol. The molecule has 0 bridgehead atoms. The molecule has 1 amide bonds. The zero-order chi connectivity index (χ0) is 8.85. The fourth-order valence-corrected chi connectivity index (χ4v) is 0.270. The van der Waals surface area contributed by atoms with Gasteiger partial charge in [0.05, 0.1) is 0 Å². The lowest BCUT2D eigenvalue weighted by molar-refractivity contribution is -0.232. The molecule has 7 nitrogen and oxygen atoms in total. The van der Waals surface area contributed by atoms with Gasteiger partial charge in [-0.3, -0.25) is 14.5 Å². The summed E-state index contributed by atoms with van der Waals surface area (Å²) in [6.45, 7) is -0.700. The van der Waals surface area contributed by atoms with Crippen LogP contribution in [0.25, 0.3) is 0 Å². The number of amides is 1. The molecule has 0 radical (unpaired) electrons.